The predicted molar refractivity (Wildman–Crippen MR) is 59.2 cm³/mol. The highest BCUT2D eigenvalue weighted by Gasteiger charge is 2.17. The van der Waals surface area contributed by atoms with Crippen molar-refractivity contribution >= 4 is 22.3 Å². The molecule has 7 heteroatoms. The number of carbonyl (C=O) groups is 1. The molecule has 0 fully saturated rings. The first-order valence-corrected chi connectivity index (χ1v) is 5.56. The van der Waals surface area contributed by atoms with Gasteiger partial charge in [0.1, 0.15) is 0 Å². The van der Waals surface area contributed by atoms with E-state index in [0.717, 1.165) is 11.3 Å². The maximum absolute atomic E-state index is 11.1. The molecule has 0 saturated carbocycles. The summed E-state index contributed by atoms with van der Waals surface area (Å²) in [4.78, 5) is 21.1. The number of carbonyl (C=O) groups excluding carboxylic acids is 1. The van der Waals surface area contributed by atoms with Crippen LogP contribution in [0.3, 0.4) is 0 Å². The molecule has 2 N–H and O–H groups in total. The largest absolute Gasteiger partial charge is 0.466 e. The predicted octanol–water partition coefficient (Wildman–Crippen LogP) is 1.61. The van der Waals surface area contributed by atoms with E-state index in [1.165, 1.54) is 6.07 Å². The molecule has 0 aliphatic heterocycles. The van der Waals surface area contributed by atoms with Crippen LogP contribution in [0.4, 0.5) is 5.00 Å². The molecule has 1 aromatic heterocycles. The number of nitro groups is 1. The Bertz CT molecular complexity index is 391. The smallest absolute Gasteiger partial charge is 0.324 e. The Labute approximate surface area is 96.2 Å². The fraction of sp³-hybridized carbons (Fsp3) is 0.444. The SMILES string of the molecule is CCOC(=O)C[C@H](N)c1csc([N+](=O)[O-])c1. The number of esters is 1. The van der Waals surface area contributed by atoms with Crippen LogP contribution in [0.5, 0.6) is 0 Å². The van der Waals surface area contributed by atoms with Crippen LogP contribution in [0.1, 0.15) is 24.9 Å². The van der Waals surface area contributed by atoms with E-state index in [1.807, 2.05) is 0 Å². The summed E-state index contributed by atoms with van der Waals surface area (Å²) in [6, 6.07) is 0.832. The first kappa shape index (κ1) is 12.6. The lowest BCUT2D eigenvalue weighted by atomic mass is 10.1. The zero-order chi connectivity index (χ0) is 12.1. The maximum Gasteiger partial charge on any atom is 0.324 e. The highest BCUT2D eigenvalue weighted by molar-refractivity contribution is 7.13. The van der Waals surface area contributed by atoms with Crippen molar-refractivity contribution in [3.63, 3.8) is 0 Å². The van der Waals surface area contributed by atoms with Crippen LogP contribution in [0, 0.1) is 10.1 Å². The van der Waals surface area contributed by atoms with E-state index >= 15 is 0 Å². The van der Waals surface area contributed by atoms with Gasteiger partial charge < -0.3 is 10.5 Å². The Hall–Kier alpha value is -1.47. The lowest BCUT2D eigenvalue weighted by Crippen LogP contribution is -2.16. The monoisotopic (exact) mass is 244 g/mol. The van der Waals surface area contributed by atoms with Gasteiger partial charge in [0.15, 0.2) is 0 Å². The summed E-state index contributed by atoms with van der Waals surface area (Å²) in [7, 11) is 0. The molecule has 1 rings (SSSR count). The van der Waals surface area contributed by atoms with Gasteiger partial charge in [0.05, 0.1) is 18.0 Å². The molecule has 0 saturated heterocycles. The van der Waals surface area contributed by atoms with E-state index in [9.17, 15) is 14.9 Å². The van der Waals surface area contributed by atoms with Crippen molar-refractivity contribution in [3.05, 3.63) is 27.1 Å². The highest BCUT2D eigenvalue weighted by atomic mass is 32.1. The highest BCUT2D eigenvalue weighted by Crippen LogP contribution is 2.27. The molecular formula is C9H12N2O4S. The van der Waals surface area contributed by atoms with Crippen molar-refractivity contribution in [2.24, 2.45) is 5.73 Å². The molecule has 1 aromatic rings. The van der Waals surface area contributed by atoms with E-state index in [-0.39, 0.29) is 11.4 Å². The topological polar surface area (TPSA) is 95.5 Å². The number of rotatable bonds is 5. The summed E-state index contributed by atoms with van der Waals surface area (Å²) in [6.45, 7) is 2.01. The average Bonchev–Trinajstić information content (AvgIpc) is 2.66. The quantitative estimate of drug-likeness (QED) is 0.482. The minimum Gasteiger partial charge on any atom is -0.466 e. The summed E-state index contributed by atoms with van der Waals surface area (Å²) < 4.78 is 4.74. The van der Waals surface area contributed by atoms with Crippen molar-refractivity contribution in [1.29, 1.82) is 0 Å². The summed E-state index contributed by atoms with van der Waals surface area (Å²) >= 11 is 0.995. The van der Waals surface area contributed by atoms with Gasteiger partial charge in [-0.25, -0.2) is 0 Å². The van der Waals surface area contributed by atoms with Crippen LogP contribution in [0.2, 0.25) is 0 Å². The third kappa shape index (κ3) is 3.28. The molecular weight excluding hydrogens is 232 g/mol. The summed E-state index contributed by atoms with van der Waals surface area (Å²) in [5, 5.41) is 12.1. The minimum absolute atomic E-state index is 0.0225. The molecule has 0 spiro atoms. The number of hydrogen-bond donors (Lipinski definition) is 1. The fourth-order valence-corrected chi connectivity index (χ4v) is 1.94. The van der Waals surface area contributed by atoms with Gasteiger partial charge in [0.25, 0.3) is 0 Å². The molecule has 0 unspecified atom stereocenters. The third-order valence-corrected chi connectivity index (χ3v) is 2.80. The van der Waals surface area contributed by atoms with Gasteiger partial charge in [-0.15, -0.1) is 0 Å². The molecule has 0 bridgehead atoms. The van der Waals surface area contributed by atoms with Crippen molar-refractivity contribution < 1.29 is 14.5 Å². The van der Waals surface area contributed by atoms with Gasteiger partial charge >= 0.3 is 11.0 Å². The molecule has 88 valence electrons. The number of nitrogens with zero attached hydrogens (tertiary/aromatic N) is 1. The Kier molecular flexibility index (Phi) is 4.39. The Balaban J connectivity index is 2.62. The second-order valence-corrected chi connectivity index (χ2v) is 3.98. The maximum atomic E-state index is 11.1. The zero-order valence-electron chi connectivity index (χ0n) is 8.71. The van der Waals surface area contributed by atoms with Gasteiger partial charge in [0.2, 0.25) is 0 Å². The first-order chi connectivity index (χ1) is 7.54. The van der Waals surface area contributed by atoms with Crippen LogP contribution in [-0.2, 0) is 9.53 Å². The van der Waals surface area contributed by atoms with Crippen molar-refractivity contribution in [2.45, 2.75) is 19.4 Å². The van der Waals surface area contributed by atoms with E-state index in [4.69, 9.17) is 10.5 Å². The Morgan fingerprint density at radius 1 is 1.75 bits per heavy atom. The second kappa shape index (κ2) is 5.57. The fourth-order valence-electron chi connectivity index (χ4n) is 1.15. The van der Waals surface area contributed by atoms with E-state index in [2.05, 4.69) is 0 Å². The lowest BCUT2D eigenvalue weighted by Gasteiger charge is -2.08. The van der Waals surface area contributed by atoms with Crippen LogP contribution < -0.4 is 5.73 Å². The zero-order valence-corrected chi connectivity index (χ0v) is 9.53. The summed E-state index contributed by atoms with van der Waals surface area (Å²) in [5.41, 5.74) is 6.31. The van der Waals surface area contributed by atoms with Crippen molar-refractivity contribution in [2.75, 3.05) is 6.61 Å². The first-order valence-electron chi connectivity index (χ1n) is 4.68. The molecule has 0 aliphatic carbocycles. The van der Waals surface area contributed by atoms with Crippen LogP contribution in [0.25, 0.3) is 0 Å². The third-order valence-electron chi connectivity index (χ3n) is 1.91. The average molecular weight is 244 g/mol. The summed E-state index contributed by atoms with van der Waals surface area (Å²) in [5.74, 6) is -0.399. The minimum atomic E-state index is -0.552. The van der Waals surface area contributed by atoms with Gasteiger partial charge in [-0.1, -0.05) is 11.3 Å². The molecule has 16 heavy (non-hydrogen) atoms. The van der Waals surface area contributed by atoms with Crippen molar-refractivity contribution in [3.8, 4) is 0 Å². The van der Waals surface area contributed by atoms with Gasteiger partial charge in [-0.3, -0.25) is 14.9 Å². The number of thiophene rings is 1. The summed E-state index contributed by atoms with van der Waals surface area (Å²) in [6.07, 6.45) is 0.0295. The van der Waals surface area contributed by atoms with Crippen LogP contribution >= 0.6 is 11.3 Å². The normalized spacial score (nSPS) is 12.1. The van der Waals surface area contributed by atoms with Crippen molar-refractivity contribution in [1.82, 2.24) is 0 Å². The molecule has 1 heterocycles. The second-order valence-electron chi connectivity index (χ2n) is 3.09. The molecule has 0 amide bonds. The molecule has 0 aliphatic rings. The van der Waals surface area contributed by atoms with E-state index in [1.54, 1.807) is 12.3 Å². The van der Waals surface area contributed by atoms with E-state index in [0.29, 0.717) is 12.2 Å². The number of nitrogens with two attached hydrogens (primary N) is 1. The number of ether oxygens (including phenoxy) is 1. The van der Waals surface area contributed by atoms with E-state index < -0.39 is 16.9 Å². The molecule has 0 aromatic carbocycles. The van der Waals surface area contributed by atoms with Gasteiger partial charge in [-0.05, 0) is 12.5 Å². The number of hydrogen-bond acceptors (Lipinski definition) is 6. The lowest BCUT2D eigenvalue weighted by molar-refractivity contribution is -0.380. The van der Waals surface area contributed by atoms with Crippen LogP contribution in [-0.4, -0.2) is 17.5 Å². The van der Waals surface area contributed by atoms with Gasteiger partial charge in [-0.2, -0.15) is 0 Å². The Morgan fingerprint density at radius 2 is 2.44 bits per heavy atom. The Morgan fingerprint density at radius 3 is 2.94 bits per heavy atom. The van der Waals surface area contributed by atoms with Crippen LogP contribution in [0.15, 0.2) is 11.4 Å². The molecule has 6 nitrogen and oxygen atoms in total. The molecule has 1 atom stereocenters. The van der Waals surface area contributed by atoms with Gasteiger partial charge in [0, 0.05) is 17.5 Å². The standard InChI is InChI=1S/C9H12N2O4S/c1-2-15-9(12)4-7(10)6-3-8(11(13)14)16-5-6/h3,5,7H,2,4,10H2,1H3/t7-/m0/s1. The molecule has 0 radical (unpaired) electrons.